The number of benzene rings is 1. The third kappa shape index (κ3) is 8.98. The van der Waals surface area contributed by atoms with Crippen molar-refractivity contribution in [1.29, 1.82) is 0 Å². The number of aromatic amines is 1. The van der Waals surface area contributed by atoms with Crippen molar-refractivity contribution in [3.05, 3.63) is 47.9 Å². The molecule has 184 valence electrons. The van der Waals surface area contributed by atoms with Gasteiger partial charge in [-0.2, -0.15) is 0 Å². The minimum Gasteiger partial charge on any atom is -0.466 e. The zero-order valence-electron chi connectivity index (χ0n) is 19.1. The fraction of sp³-hybridized carbons (Fsp3) is 0.409. The Morgan fingerprint density at radius 2 is 2.00 bits per heavy atom. The van der Waals surface area contributed by atoms with Crippen LogP contribution < -0.4 is 10.6 Å². The molecular weight excluding hydrogens is 487 g/mol. The molecule has 2 heterocycles. The van der Waals surface area contributed by atoms with Gasteiger partial charge in [0.1, 0.15) is 17.8 Å². The Balaban J connectivity index is 0.00000341. The molecule has 0 fully saturated rings. The summed E-state index contributed by atoms with van der Waals surface area (Å²) in [5.74, 6) is 0.591. The summed E-state index contributed by atoms with van der Waals surface area (Å²) in [7, 11) is 4.05. The fourth-order valence-electron chi connectivity index (χ4n) is 3.34. The summed E-state index contributed by atoms with van der Waals surface area (Å²) in [6.07, 6.45) is 4.56. The summed E-state index contributed by atoms with van der Waals surface area (Å²) in [6.45, 7) is 4.90. The molecule has 0 unspecified atom stereocenters. The number of rotatable bonds is 11. The highest BCUT2D eigenvalue weighted by Gasteiger charge is 2.13. The Bertz CT molecular complexity index is 986. The van der Waals surface area contributed by atoms with Crippen LogP contribution in [0.2, 0.25) is 0 Å². The Kier molecular flexibility index (Phi) is 14.7. The number of H-pyrrole nitrogens is 1. The van der Waals surface area contributed by atoms with Crippen LogP contribution in [-0.4, -0.2) is 59.6 Å². The van der Waals surface area contributed by atoms with Gasteiger partial charge in [-0.25, -0.2) is 9.97 Å². The molecule has 1 aromatic carbocycles. The van der Waals surface area contributed by atoms with E-state index < -0.39 is 0 Å². The number of ether oxygens (including phenoxy) is 1. The average molecular weight is 520 g/mol. The van der Waals surface area contributed by atoms with Crippen LogP contribution in [0.15, 0.2) is 36.8 Å². The molecule has 0 saturated heterocycles. The fourth-order valence-corrected chi connectivity index (χ4v) is 3.34. The van der Waals surface area contributed by atoms with E-state index in [0.29, 0.717) is 19.4 Å². The van der Waals surface area contributed by atoms with Crippen LogP contribution in [0.25, 0.3) is 11.0 Å². The summed E-state index contributed by atoms with van der Waals surface area (Å²) in [5, 5.41) is 7.59. The van der Waals surface area contributed by atoms with Gasteiger partial charge in [-0.15, -0.1) is 37.2 Å². The Morgan fingerprint density at radius 3 is 2.73 bits per heavy atom. The van der Waals surface area contributed by atoms with Gasteiger partial charge in [0.15, 0.2) is 0 Å². The van der Waals surface area contributed by atoms with Crippen LogP contribution in [-0.2, 0) is 22.5 Å². The highest BCUT2D eigenvalue weighted by Crippen LogP contribution is 2.27. The lowest BCUT2D eigenvalue weighted by Gasteiger charge is -2.16. The molecule has 0 atom stereocenters. The zero-order chi connectivity index (χ0) is 21.3. The van der Waals surface area contributed by atoms with E-state index in [2.05, 4.69) is 37.5 Å². The molecule has 0 aliphatic heterocycles. The highest BCUT2D eigenvalue weighted by molar-refractivity contribution is 5.92. The second kappa shape index (κ2) is 15.7. The maximum Gasteiger partial charge on any atom is 0.306 e. The van der Waals surface area contributed by atoms with Gasteiger partial charge in [-0.3, -0.25) is 4.79 Å². The molecule has 0 amide bonds. The van der Waals surface area contributed by atoms with Gasteiger partial charge in [-0.05, 0) is 50.7 Å². The predicted molar refractivity (Wildman–Crippen MR) is 141 cm³/mol. The minimum atomic E-state index is -0.173. The van der Waals surface area contributed by atoms with Crippen molar-refractivity contribution in [3.8, 4) is 0 Å². The van der Waals surface area contributed by atoms with E-state index in [1.807, 2.05) is 44.4 Å². The predicted octanol–water partition coefficient (Wildman–Crippen LogP) is 4.11. The minimum absolute atomic E-state index is 0. The molecule has 2 aromatic heterocycles. The van der Waals surface area contributed by atoms with Crippen molar-refractivity contribution in [1.82, 2.24) is 25.2 Å². The van der Waals surface area contributed by atoms with Crippen LogP contribution in [0.5, 0.6) is 0 Å². The van der Waals surface area contributed by atoms with E-state index in [0.717, 1.165) is 53.3 Å². The molecule has 0 bridgehead atoms. The Morgan fingerprint density at radius 1 is 1.21 bits per heavy atom. The molecule has 8 nitrogen and oxygen atoms in total. The first-order chi connectivity index (χ1) is 14.6. The molecule has 3 rings (SSSR count). The molecule has 3 N–H and O–H groups in total. The summed E-state index contributed by atoms with van der Waals surface area (Å²) in [4.78, 5) is 26.0. The Hall–Kier alpha value is -2.10. The van der Waals surface area contributed by atoms with E-state index in [1.165, 1.54) is 0 Å². The second-order valence-corrected chi connectivity index (χ2v) is 7.23. The molecule has 11 heteroatoms. The van der Waals surface area contributed by atoms with E-state index in [9.17, 15) is 4.79 Å². The lowest BCUT2D eigenvalue weighted by molar-refractivity contribution is -0.143. The molecule has 0 spiro atoms. The van der Waals surface area contributed by atoms with Crippen molar-refractivity contribution in [2.75, 3.05) is 39.1 Å². The molecule has 33 heavy (non-hydrogen) atoms. The maximum absolute atomic E-state index is 11.6. The standard InChI is InChI=1S/C22H30N6O2.3ClH/c1-4-30-19(29)9-8-16-6-5-7-18(12-16)27-22-20-17(14-28(3)11-10-23-2)13-24-21(20)25-15-26-22;;;/h5-7,12-13,15,23H,4,8-11,14H2,1-3H3,(H2,24,25,26,27);3*1H. The number of halogens is 3. The van der Waals surface area contributed by atoms with Crippen LogP contribution >= 0.6 is 37.2 Å². The second-order valence-electron chi connectivity index (χ2n) is 7.23. The van der Waals surface area contributed by atoms with Crippen molar-refractivity contribution >= 4 is 65.7 Å². The van der Waals surface area contributed by atoms with Gasteiger partial charge in [0.2, 0.25) is 0 Å². The smallest absolute Gasteiger partial charge is 0.306 e. The third-order valence-electron chi connectivity index (χ3n) is 4.85. The SMILES string of the molecule is CCOC(=O)CCc1cccc(Nc2ncnc3[nH]cc(CN(C)CCNC)c23)c1.Cl.Cl.Cl. The molecule has 3 aromatic rings. The van der Waals surface area contributed by atoms with Gasteiger partial charge < -0.3 is 25.3 Å². The average Bonchev–Trinajstić information content (AvgIpc) is 3.15. The van der Waals surface area contributed by atoms with Crippen LogP contribution in [0, 0.1) is 0 Å². The third-order valence-corrected chi connectivity index (χ3v) is 4.85. The number of nitrogens with one attached hydrogen (secondary N) is 3. The number of carbonyl (C=O) groups excluding carboxylic acids is 1. The number of nitrogens with zero attached hydrogens (tertiary/aromatic N) is 3. The van der Waals surface area contributed by atoms with Crippen LogP contribution in [0.4, 0.5) is 11.5 Å². The number of carbonyl (C=O) groups is 1. The number of aryl methyl sites for hydroxylation is 1. The van der Waals surface area contributed by atoms with Crippen molar-refractivity contribution in [2.24, 2.45) is 0 Å². The summed E-state index contributed by atoms with van der Waals surface area (Å²) in [5.41, 5.74) is 3.94. The topological polar surface area (TPSA) is 95.2 Å². The van der Waals surface area contributed by atoms with Gasteiger partial charge in [-0.1, -0.05) is 12.1 Å². The molecule has 0 aliphatic rings. The van der Waals surface area contributed by atoms with Crippen molar-refractivity contribution < 1.29 is 9.53 Å². The monoisotopic (exact) mass is 518 g/mol. The van der Waals surface area contributed by atoms with Crippen molar-refractivity contribution in [2.45, 2.75) is 26.3 Å². The normalized spacial score (nSPS) is 10.2. The van der Waals surface area contributed by atoms with Gasteiger partial charge in [0.05, 0.1) is 12.0 Å². The number of likely N-dealkylation sites (N-methyl/N-ethyl adjacent to an activating group) is 2. The van der Waals surface area contributed by atoms with E-state index >= 15 is 0 Å². The van der Waals surface area contributed by atoms with E-state index in [1.54, 1.807) is 6.33 Å². The summed E-state index contributed by atoms with van der Waals surface area (Å²) < 4.78 is 5.02. The first-order valence-electron chi connectivity index (χ1n) is 10.3. The summed E-state index contributed by atoms with van der Waals surface area (Å²) >= 11 is 0. The van der Waals surface area contributed by atoms with Crippen LogP contribution in [0.1, 0.15) is 24.5 Å². The zero-order valence-corrected chi connectivity index (χ0v) is 21.5. The number of hydrogen-bond donors (Lipinski definition) is 3. The maximum atomic E-state index is 11.6. The van der Waals surface area contributed by atoms with E-state index in [4.69, 9.17) is 4.74 Å². The number of hydrogen-bond acceptors (Lipinski definition) is 7. The lowest BCUT2D eigenvalue weighted by atomic mass is 10.1. The first kappa shape index (κ1) is 30.9. The number of aromatic nitrogens is 3. The summed E-state index contributed by atoms with van der Waals surface area (Å²) in [6, 6.07) is 8.02. The van der Waals surface area contributed by atoms with Gasteiger partial charge in [0.25, 0.3) is 0 Å². The van der Waals surface area contributed by atoms with Crippen LogP contribution in [0.3, 0.4) is 0 Å². The lowest BCUT2D eigenvalue weighted by Crippen LogP contribution is -2.26. The van der Waals surface area contributed by atoms with E-state index in [-0.39, 0.29) is 43.2 Å². The van der Waals surface area contributed by atoms with Gasteiger partial charge in [0, 0.05) is 37.9 Å². The molecule has 0 aliphatic carbocycles. The Labute approximate surface area is 213 Å². The first-order valence-corrected chi connectivity index (χ1v) is 10.3. The quantitative estimate of drug-likeness (QED) is 0.328. The van der Waals surface area contributed by atoms with Crippen molar-refractivity contribution in [3.63, 3.8) is 0 Å². The molecular formula is C22H33Cl3N6O2. The van der Waals surface area contributed by atoms with Gasteiger partial charge >= 0.3 is 5.97 Å². The molecule has 0 radical (unpaired) electrons. The number of esters is 1. The number of fused-ring (bicyclic) bond motifs is 1. The molecule has 0 saturated carbocycles. The highest BCUT2D eigenvalue weighted by atomic mass is 35.5. The largest absolute Gasteiger partial charge is 0.466 e. The number of anilines is 2.